The van der Waals surface area contributed by atoms with Crippen LogP contribution in [0.1, 0.15) is 48.4 Å². The summed E-state index contributed by atoms with van der Waals surface area (Å²) in [5.41, 5.74) is 4.94. The predicted octanol–water partition coefficient (Wildman–Crippen LogP) is 6.09. The van der Waals surface area contributed by atoms with Gasteiger partial charge in [-0.25, -0.2) is 4.39 Å². The zero-order valence-electron chi connectivity index (χ0n) is 20.5. The second-order valence-electron chi connectivity index (χ2n) is 9.63. The number of fused-ring (bicyclic) bond motifs is 1. The Morgan fingerprint density at radius 2 is 1.77 bits per heavy atom. The van der Waals surface area contributed by atoms with Gasteiger partial charge in [-0.3, -0.25) is 0 Å². The van der Waals surface area contributed by atoms with Gasteiger partial charge in [-0.15, -0.1) is 0 Å². The van der Waals surface area contributed by atoms with Gasteiger partial charge in [0, 0.05) is 18.3 Å². The lowest BCUT2D eigenvalue weighted by Crippen LogP contribution is -2.36. The number of halogens is 1. The molecule has 184 valence electrons. The average Bonchev–Trinajstić information content (AvgIpc) is 2.91. The average molecular weight is 475 g/mol. The minimum Gasteiger partial charge on any atom is -0.497 e. The van der Waals surface area contributed by atoms with E-state index in [1.807, 2.05) is 18.2 Å². The number of ether oxygens (including phenoxy) is 2. The number of hydrogen-bond donors (Lipinski definition) is 1. The number of hydrogen-bond acceptors (Lipinski definition) is 4. The van der Waals surface area contributed by atoms with E-state index in [0.717, 1.165) is 56.1 Å². The van der Waals surface area contributed by atoms with Crippen molar-refractivity contribution in [1.29, 1.82) is 0 Å². The molecule has 0 radical (unpaired) electrons. The molecule has 3 aromatic rings. The van der Waals surface area contributed by atoms with Crippen LogP contribution in [0, 0.1) is 5.82 Å². The maximum absolute atomic E-state index is 13.6. The van der Waals surface area contributed by atoms with Crippen LogP contribution in [0.4, 0.5) is 10.1 Å². The molecule has 0 aromatic heterocycles. The normalized spacial score (nSPS) is 19.8. The predicted molar refractivity (Wildman–Crippen MR) is 139 cm³/mol. The zero-order valence-corrected chi connectivity index (χ0v) is 20.5. The molecule has 2 aliphatic heterocycles. The summed E-state index contributed by atoms with van der Waals surface area (Å²) in [5, 5.41) is 3.58. The standard InChI is InChI=1S/C30H35FN2O2/c1-34-28-13-14-29-23(21-28)15-18-33(26-9-7-24(31)8-10-26)30(29)20-22-5-11-27(12-6-22)35-19-16-25-4-2-3-17-32-25/h5-14,21,25,30,32H,2-4,15-20H2,1H3. The van der Waals surface area contributed by atoms with Gasteiger partial charge in [0.1, 0.15) is 17.3 Å². The van der Waals surface area contributed by atoms with Crippen LogP contribution in [0.15, 0.2) is 66.7 Å². The first-order valence-corrected chi connectivity index (χ1v) is 12.8. The SMILES string of the molecule is COc1ccc2c(c1)CCN(c1ccc(F)cc1)C2Cc1ccc(OCCC2CCCCN2)cc1. The molecule has 35 heavy (non-hydrogen) atoms. The highest BCUT2D eigenvalue weighted by molar-refractivity contribution is 5.54. The van der Waals surface area contributed by atoms with E-state index in [2.05, 4.69) is 46.6 Å². The van der Waals surface area contributed by atoms with Crippen molar-refractivity contribution < 1.29 is 13.9 Å². The summed E-state index contributed by atoms with van der Waals surface area (Å²) in [6.45, 7) is 2.76. The van der Waals surface area contributed by atoms with E-state index in [0.29, 0.717) is 6.04 Å². The van der Waals surface area contributed by atoms with Gasteiger partial charge in [-0.2, -0.15) is 0 Å². The number of anilines is 1. The smallest absolute Gasteiger partial charge is 0.123 e. The molecule has 1 saturated heterocycles. The summed E-state index contributed by atoms with van der Waals surface area (Å²) >= 11 is 0. The molecule has 4 nitrogen and oxygen atoms in total. The number of nitrogens with zero attached hydrogens (tertiary/aromatic N) is 1. The number of benzene rings is 3. The molecule has 2 unspecified atom stereocenters. The van der Waals surface area contributed by atoms with E-state index in [1.54, 1.807) is 19.2 Å². The van der Waals surface area contributed by atoms with Gasteiger partial charge in [-0.05, 0) is 104 Å². The van der Waals surface area contributed by atoms with Crippen LogP contribution in [0.2, 0.25) is 0 Å². The molecule has 0 spiro atoms. The Morgan fingerprint density at radius 1 is 0.971 bits per heavy atom. The Kier molecular flexibility index (Phi) is 7.53. The fourth-order valence-electron chi connectivity index (χ4n) is 5.41. The Balaban J connectivity index is 1.30. The summed E-state index contributed by atoms with van der Waals surface area (Å²) in [6, 6.07) is 22.5. The van der Waals surface area contributed by atoms with Crippen molar-refractivity contribution in [3.05, 3.63) is 89.2 Å². The number of piperidine rings is 1. The van der Waals surface area contributed by atoms with E-state index in [4.69, 9.17) is 9.47 Å². The first-order valence-electron chi connectivity index (χ1n) is 12.8. The van der Waals surface area contributed by atoms with Crippen LogP contribution in [0.5, 0.6) is 11.5 Å². The van der Waals surface area contributed by atoms with Gasteiger partial charge in [0.25, 0.3) is 0 Å². The minimum atomic E-state index is -0.206. The molecule has 0 amide bonds. The van der Waals surface area contributed by atoms with Crippen molar-refractivity contribution in [2.45, 2.75) is 50.6 Å². The molecule has 0 bridgehead atoms. The number of nitrogens with one attached hydrogen (secondary N) is 1. The van der Waals surface area contributed by atoms with Crippen molar-refractivity contribution in [1.82, 2.24) is 5.32 Å². The second kappa shape index (κ2) is 11.1. The number of methoxy groups -OCH3 is 1. The third kappa shape index (κ3) is 5.79. The molecular weight excluding hydrogens is 439 g/mol. The Bertz CT molecular complexity index is 1090. The van der Waals surface area contributed by atoms with Crippen molar-refractivity contribution in [2.24, 2.45) is 0 Å². The van der Waals surface area contributed by atoms with Crippen LogP contribution in [0.25, 0.3) is 0 Å². The van der Waals surface area contributed by atoms with Crippen molar-refractivity contribution in [3.8, 4) is 11.5 Å². The van der Waals surface area contributed by atoms with E-state index in [9.17, 15) is 4.39 Å². The Hall–Kier alpha value is -3.05. The molecule has 2 aliphatic rings. The highest BCUT2D eigenvalue weighted by Gasteiger charge is 2.28. The molecule has 1 N–H and O–H groups in total. The fourth-order valence-corrected chi connectivity index (χ4v) is 5.41. The van der Waals surface area contributed by atoms with Crippen LogP contribution in [-0.4, -0.2) is 32.8 Å². The molecular formula is C30H35FN2O2. The third-order valence-corrected chi connectivity index (χ3v) is 7.37. The molecule has 3 aromatic carbocycles. The summed E-state index contributed by atoms with van der Waals surface area (Å²) in [6.07, 6.45) is 6.71. The van der Waals surface area contributed by atoms with E-state index in [1.165, 1.54) is 36.0 Å². The van der Waals surface area contributed by atoms with Crippen LogP contribution in [0.3, 0.4) is 0 Å². The third-order valence-electron chi connectivity index (χ3n) is 7.37. The Morgan fingerprint density at radius 3 is 2.51 bits per heavy atom. The monoisotopic (exact) mass is 474 g/mol. The maximum atomic E-state index is 13.6. The van der Waals surface area contributed by atoms with Gasteiger partial charge < -0.3 is 19.7 Å². The maximum Gasteiger partial charge on any atom is 0.123 e. The van der Waals surface area contributed by atoms with Gasteiger partial charge in [0.15, 0.2) is 0 Å². The lowest BCUT2D eigenvalue weighted by molar-refractivity contribution is 0.268. The van der Waals surface area contributed by atoms with Crippen LogP contribution >= 0.6 is 0 Å². The quantitative estimate of drug-likeness (QED) is 0.428. The van der Waals surface area contributed by atoms with Gasteiger partial charge >= 0.3 is 0 Å². The van der Waals surface area contributed by atoms with Crippen molar-refractivity contribution in [2.75, 3.05) is 31.7 Å². The molecule has 0 aliphatic carbocycles. The van der Waals surface area contributed by atoms with E-state index < -0.39 is 0 Å². The van der Waals surface area contributed by atoms with Gasteiger partial charge in [-0.1, -0.05) is 24.6 Å². The first-order chi connectivity index (χ1) is 17.2. The van der Waals surface area contributed by atoms with E-state index in [-0.39, 0.29) is 11.9 Å². The molecule has 5 heteroatoms. The number of rotatable bonds is 8. The molecule has 2 atom stereocenters. The summed E-state index contributed by atoms with van der Waals surface area (Å²) in [4.78, 5) is 2.40. The summed E-state index contributed by atoms with van der Waals surface area (Å²) in [7, 11) is 1.71. The van der Waals surface area contributed by atoms with Crippen LogP contribution < -0.4 is 19.7 Å². The van der Waals surface area contributed by atoms with Crippen molar-refractivity contribution in [3.63, 3.8) is 0 Å². The molecule has 1 fully saturated rings. The summed E-state index contributed by atoms with van der Waals surface area (Å²) in [5.74, 6) is 1.61. The largest absolute Gasteiger partial charge is 0.497 e. The van der Waals surface area contributed by atoms with Crippen LogP contribution in [-0.2, 0) is 12.8 Å². The first kappa shape index (κ1) is 23.7. The van der Waals surface area contributed by atoms with Crippen molar-refractivity contribution >= 4 is 5.69 Å². The zero-order chi connectivity index (χ0) is 24.0. The van der Waals surface area contributed by atoms with E-state index >= 15 is 0 Å². The summed E-state index contributed by atoms with van der Waals surface area (Å²) < 4.78 is 25.1. The highest BCUT2D eigenvalue weighted by atomic mass is 19.1. The minimum absolute atomic E-state index is 0.166. The second-order valence-corrected chi connectivity index (χ2v) is 9.63. The highest BCUT2D eigenvalue weighted by Crippen LogP contribution is 2.37. The van der Waals surface area contributed by atoms with Gasteiger partial charge in [0.05, 0.1) is 19.8 Å². The fraction of sp³-hybridized carbons (Fsp3) is 0.400. The Labute approximate surface area is 208 Å². The molecule has 2 heterocycles. The topological polar surface area (TPSA) is 33.7 Å². The molecule has 0 saturated carbocycles. The molecule has 5 rings (SSSR count). The lowest BCUT2D eigenvalue weighted by atomic mass is 9.88. The van der Waals surface area contributed by atoms with Gasteiger partial charge in [0.2, 0.25) is 0 Å². The lowest BCUT2D eigenvalue weighted by Gasteiger charge is -2.39.